The lowest BCUT2D eigenvalue weighted by Crippen LogP contribution is -2.27. The highest BCUT2D eigenvalue weighted by atomic mass is 32.1. The molecule has 2 aromatic rings. The third kappa shape index (κ3) is 1.97. The summed E-state index contributed by atoms with van der Waals surface area (Å²) >= 11 is 1.52. The number of carbonyl (C=O) groups is 1. The van der Waals surface area contributed by atoms with Crippen LogP contribution in [-0.4, -0.2) is 11.9 Å². The summed E-state index contributed by atoms with van der Waals surface area (Å²) in [6.45, 7) is 4.34. The second kappa shape index (κ2) is 3.72. The van der Waals surface area contributed by atoms with Gasteiger partial charge in [-0.05, 0) is 41.5 Å². The van der Waals surface area contributed by atoms with Crippen LogP contribution in [0.25, 0.3) is 10.1 Å². The summed E-state index contributed by atoms with van der Waals surface area (Å²) in [5, 5.41) is 4.12. The molecule has 1 saturated carbocycles. The summed E-state index contributed by atoms with van der Waals surface area (Å²) in [6, 6.07) is 7.97. The van der Waals surface area contributed by atoms with Crippen molar-refractivity contribution in [3.63, 3.8) is 0 Å². The fraction of sp³-hybridized carbons (Fsp3) is 0.357. The van der Waals surface area contributed by atoms with Crippen molar-refractivity contribution in [3.8, 4) is 0 Å². The van der Waals surface area contributed by atoms with E-state index in [1.807, 2.05) is 24.3 Å². The molecular formula is C14H16N2OS. The monoisotopic (exact) mass is 260 g/mol. The molecule has 3 rings (SSSR count). The Labute approximate surface area is 110 Å². The first-order valence-corrected chi connectivity index (χ1v) is 6.87. The lowest BCUT2D eigenvalue weighted by molar-refractivity contribution is 0.0950. The van der Waals surface area contributed by atoms with Gasteiger partial charge in [0.25, 0.3) is 5.91 Å². The highest BCUT2D eigenvalue weighted by Crippen LogP contribution is 2.44. The molecule has 0 radical (unpaired) electrons. The molecule has 18 heavy (non-hydrogen) atoms. The predicted molar refractivity (Wildman–Crippen MR) is 75.9 cm³/mol. The second-order valence-corrected chi connectivity index (χ2v) is 6.71. The van der Waals surface area contributed by atoms with Crippen LogP contribution in [0.1, 0.15) is 29.9 Å². The Hall–Kier alpha value is -1.55. The maximum atomic E-state index is 12.1. The minimum Gasteiger partial charge on any atom is -0.399 e. The molecule has 1 heterocycles. The SMILES string of the molecule is CC1(C)CC1NC(=O)c1cc2cc(N)ccc2s1. The molecule has 3 N–H and O–H groups in total. The summed E-state index contributed by atoms with van der Waals surface area (Å²) in [6.07, 6.45) is 1.07. The zero-order valence-corrected chi connectivity index (χ0v) is 11.3. The van der Waals surface area contributed by atoms with Gasteiger partial charge >= 0.3 is 0 Å². The first-order chi connectivity index (χ1) is 8.45. The normalized spacial score (nSPS) is 20.9. The molecular weight excluding hydrogens is 244 g/mol. The number of thiophene rings is 1. The van der Waals surface area contributed by atoms with Gasteiger partial charge in [-0.15, -0.1) is 11.3 Å². The van der Waals surface area contributed by atoms with Crippen molar-refractivity contribution >= 4 is 33.0 Å². The number of nitrogen functional groups attached to an aromatic ring is 1. The summed E-state index contributed by atoms with van der Waals surface area (Å²) in [7, 11) is 0. The number of fused-ring (bicyclic) bond motifs is 1. The summed E-state index contributed by atoms with van der Waals surface area (Å²) in [4.78, 5) is 12.9. The Morgan fingerprint density at radius 2 is 2.17 bits per heavy atom. The van der Waals surface area contributed by atoms with Gasteiger partial charge < -0.3 is 11.1 Å². The first-order valence-electron chi connectivity index (χ1n) is 6.06. The van der Waals surface area contributed by atoms with E-state index >= 15 is 0 Å². The minimum atomic E-state index is 0.0327. The van der Waals surface area contributed by atoms with Gasteiger partial charge in [-0.3, -0.25) is 4.79 Å². The minimum absolute atomic E-state index is 0.0327. The molecule has 4 heteroatoms. The number of carbonyl (C=O) groups excluding carboxylic acids is 1. The van der Waals surface area contributed by atoms with Gasteiger partial charge in [0.15, 0.2) is 0 Å². The molecule has 0 saturated heterocycles. The van der Waals surface area contributed by atoms with Gasteiger partial charge in [0.2, 0.25) is 0 Å². The van der Waals surface area contributed by atoms with E-state index in [1.165, 1.54) is 11.3 Å². The molecule has 1 aromatic heterocycles. The zero-order chi connectivity index (χ0) is 12.9. The first kappa shape index (κ1) is 11.5. The number of hydrogen-bond donors (Lipinski definition) is 2. The van der Waals surface area contributed by atoms with Crippen molar-refractivity contribution in [2.45, 2.75) is 26.3 Å². The lowest BCUT2D eigenvalue weighted by Gasteiger charge is -2.04. The maximum Gasteiger partial charge on any atom is 0.261 e. The molecule has 0 aliphatic heterocycles. The Kier molecular flexibility index (Phi) is 2.38. The van der Waals surface area contributed by atoms with E-state index in [2.05, 4.69) is 19.2 Å². The molecule has 0 spiro atoms. The van der Waals surface area contributed by atoms with Crippen molar-refractivity contribution in [3.05, 3.63) is 29.1 Å². The van der Waals surface area contributed by atoms with Crippen molar-refractivity contribution < 1.29 is 4.79 Å². The maximum absolute atomic E-state index is 12.1. The average molecular weight is 260 g/mol. The van der Waals surface area contributed by atoms with Crippen molar-refractivity contribution in [1.82, 2.24) is 5.32 Å². The van der Waals surface area contributed by atoms with Crippen LogP contribution in [0.4, 0.5) is 5.69 Å². The Morgan fingerprint density at radius 3 is 2.83 bits per heavy atom. The lowest BCUT2D eigenvalue weighted by atomic mass is 10.2. The Balaban J connectivity index is 1.83. The highest BCUT2D eigenvalue weighted by molar-refractivity contribution is 7.20. The van der Waals surface area contributed by atoms with Crippen LogP contribution < -0.4 is 11.1 Å². The van der Waals surface area contributed by atoms with Gasteiger partial charge in [-0.2, -0.15) is 0 Å². The van der Waals surface area contributed by atoms with Gasteiger partial charge in [0, 0.05) is 16.4 Å². The number of amides is 1. The van der Waals surface area contributed by atoms with E-state index in [4.69, 9.17) is 5.73 Å². The highest BCUT2D eigenvalue weighted by Gasteiger charge is 2.46. The molecule has 1 atom stereocenters. The van der Waals surface area contributed by atoms with Crippen molar-refractivity contribution in [2.24, 2.45) is 5.41 Å². The number of hydrogen-bond acceptors (Lipinski definition) is 3. The molecule has 0 bridgehead atoms. The van der Waals surface area contributed by atoms with Crippen LogP contribution in [-0.2, 0) is 0 Å². The molecule has 3 nitrogen and oxygen atoms in total. The van der Waals surface area contributed by atoms with E-state index in [1.54, 1.807) is 0 Å². The van der Waals surface area contributed by atoms with Crippen molar-refractivity contribution in [2.75, 3.05) is 5.73 Å². The third-order valence-corrected chi connectivity index (χ3v) is 4.70. The quantitative estimate of drug-likeness (QED) is 0.815. The standard InChI is InChI=1S/C14H16N2OS/c1-14(2)7-12(14)16-13(17)11-6-8-5-9(15)3-4-10(8)18-11/h3-6,12H,7,15H2,1-2H3,(H,16,17). The topological polar surface area (TPSA) is 55.1 Å². The second-order valence-electron chi connectivity index (χ2n) is 5.63. The Bertz CT molecular complexity index is 630. The number of anilines is 1. The Morgan fingerprint density at radius 1 is 1.44 bits per heavy atom. The van der Waals surface area contributed by atoms with E-state index in [0.29, 0.717) is 6.04 Å². The zero-order valence-electron chi connectivity index (χ0n) is 10.5. The van der Waals surface area contributed by atoms with Crippen LogP contribution in [0.3, 0.4) is 0 Å². The summed E-state index contributed by atoms with van der Waals surface area (Å²) in [5.74, 6) is 0.0327. The van der Waals surface area contributed by atoms with Gasteiger partial charge in [0.05, 0.1) is 4.88 Å². The average Bonchev–Trinajstić information content (AvgIpc) is 2.74. The van der Waals surface area contributed by atoms with Crippen LogP contribution in [0.5, 0.6) is 0 Å². The molecule has 1 amide bonds. The number of rotatable bonds is 2. The van der Waals surface area contributed by atoms with Crippen LogP contribution in [0.15, 0.2) is 24.3 Å². The number of benzene rings is 1. The molecule has 1 aromatic carbocycles. The fourth-order valence-corrected chi connectivity index (χ4v) is 3.06. The predicted octanol–water partition coefficient (Wildman–Crippen LogP) is 3.01. The van der Waals surface area contributed by atoms with Gasteiger partial charge in [-0.1, -0.05) is 13.8 Å². The largest absolute Gasteiger partial charge is 0.399 e. The molecule has 1 fully saturated rings. The van der Waals surface area contributed by atoms with E-state index in [0.717, 1.165) is 27.1 Å². The van der Waals surface area contributed by atoms with E-state index in [-0.39, 0.29) is 11.3 Å². The molecule has 1 aliphatic rings. The molecule has 94 valence electrons. The third-order valence-electron chi connectivity index (χ3n) is 3.58. The summed E-state index contributed by atoms with van der Waals surface area (Å²) in [5.41, 5.74) is 6.73. The van der Waals surface area contributed by atoms with Gasteiger partial charge in [0.1, 0.15) is 0 Å². The fourth-order valence-electron chi connectivity index (χ4n) is 2.12. The van der Waals surface area contributed by atoms with Gasteiger partial charge in [-0.25, -0.2) is 0 Å². The molecule has 1 unspecified atom stereocenters. The summed E-state index contributed by atoms with van der Waals surface area (Å²) < 4.78 is 1.10. The number of nitrogens with one attached hydrogen (secondary N) is 1. The van der Waals surface area contributed by atoms with Crippen LogP contribution >= 0.6 is 11.3 Å². The van der Waals surface area contributed by atoms with Crippen LogP contribution in [0, 0.1) is 5.41 Å². The van der Waals surface area contributed by atoms with E-state index in [9.17, 15) is 4.79 Å². The number of nitrogens with two attached hydrogens (primary N) is 1. The van der Waals surface area contributed by atoms with E-state index < -0.39 is 0 Å². The smallest absolute Gasteiger partial charge is 0.261 e. The van der Waals surface area contributed by atoms with Crippen LogP contribution in [0.2, 0.25) is 0 Å². The van der Waals surface area contributed by atoms with Crippen molar-refractivity contribution in [1.29, 1.82) is 0 Å². The molecule has 1 aliphatic carbocycles.